The van der Waals surface area contributed by atoms with Crippen molar-refractivity contribution in [1.82, 2.24) is 4.31 Å². The molecule has 1 rings (SSSR count). The highest BCUT2D eigenvalue weighted by atomic mass is 79.9. The van der Waals surface area contributed by atoms with E-state index in [1.807, 2.05) is 0 Å². The van der Waals surface area contributed by atoms with Crippen LogP contribution in [-0.2, 0) is 19.6 Å². The first-order valence-electron chi connectivity index (χ1n) is 5.45. The molecule has 0 saturated heterocycles. The van der Waals surface area contributed by atoms with Crippen LogP contribution in [0.3, 0.4) is 0 Å². The number of esters is 1. The van der Waals surface area contributed by atoms with Gasteiger partial charge in [0.25, 0.3) is 10.0 Å². The zero-order chi connectivity index (χ0) is 16.3. The van der Waals surface area contributed by atoms with E-state index < -0.39 is 41.7 Å². The van der Waals surface area contributed by atoms with Crippen LogP contribution in [0.1, 0.15) is 6.42 Å². The summed E-state index contributed by atoms with van der Waals surface area (Å²) in [5.74, 6) is -0.787. The maximum Gasteiger partial charge on any atom is 0.402 e. The van der Waals surface area contributed by atoms with Crippen molar-refractivity contribution in [3.8, 4) is 0 Å². The van der Waals surface area contributed by atoms with Gasteiger partial charge < -0.3 is 4.74 Å². The SMILES string of the molecule is COC(=O)CCN(CC(F)(F)F)S(=O)(=O)c1ccc(Br)s1. The van der Waals surface area contributed by atoms with Gasteiger partial charge in [0.1, 0.15) is 10.8 Å². The molecule has 0 N–H and O–H groups in total. The Morgan fingerprint density at radius 3 is 2.48 bits per heavy atom. The van der Waals surface area contributed by atoms with Crippen LogP contribution < -0.4 is 0 Å². The number of carbonyl (C=O) groups excluding carboxylic acids is 1. The van der Waals surface area contributed by atoms with E-state index in [4.69, 9.17) is 0 Å². The van der Waals surface area contributed by atoms with Crippen LogP contribution in [0.4, 0.5) is 13.2 Å². The number of rotatable bonds is 6. The number of carbonyl (C=O) groups is 1. The van der Waals surface area contributed by atoms with Gasteiger partial charge >= 0.3 is 12.1 Å². The predicted octanol–water partition coefficient (Wildman–Crippen LogP) is 2.63. The molecule has 0 radical (unpaired) electrons. The number of alkyl halides is 3. The molecule has 5 nitrogen and oxygen atoms in total. The molecule has 0 amide bonds. The van der Waals surface area contributed by atoms with E-state index in [9.17, 15) is 26.4 Å². The van der Waals surface area contributed by atoms with Crippen LogP contribution >= 0.6 is 27.3 Å². The zero-order valence-corrected chi connectivity index (χ0v) is 13.9. The van der Waals surface area contributed by atoms with E-state index in [2.05, 4.69) is 20.7 Å². The summed E-state index contributed by atoms with van der Waals surface area (Å²) < 4.78 is 66.8. The second-order valence-electron chi connectivity index (χ2n) is 3.84. The molecular weight excluding hydrogens is 399 g/mol. The fourth-order valence-corrected chi connectivity index (χ4v) is 4.96. The molecule has 0 aliphatic rings. The zero-order valence-electron chi connectivity index (χ0n) is 10.7. The minimum absolute atomic E-state index is 0.224. The summed E-state index contributed by atoms with van der Waals surface area (Å²) in [7, 11) is -3.25. The Labute approximate surface area is 131 Å². The van der Waals surface area contributed by atoms with Crippen LogP contribution in [-0.4, -0.2) is 45.1 Å². The van der Waals surface area contributed by atoms with E-state index >= 15 is 0 Å². The van der Waals surface area contributed by atoms with Gasteiger partial charge in [0.15, 0.2) is 0 Å². The van der Waals surface area contributed by atoms with Crippen molar-refractivity contribution in [3.05, 3.63) is 15.9 Å². The number of nitrogens with zero attached hydrogens (tertiary/aromatic N) is 1. The van der Waals surface area contributed by atoms with Gasteiger partial charge in [-0.05, 0) is 28.1 Å². The van der Waals surface area contributed by atoms with E-state index in [1.165, 1.54) is 12.1 Å². The van der Waals surface area contributed by atoms with Crippen molar-refractivity contribution in [2.75, 3.05) is 20.2 Å². The molecule has 1 heterocycles. The van der Waals surface area contributed by atoms with Crippen molar-refractivity contribution in [2.45, 2.75) is 16.8 Å². The first kappa shape index (κ1) is 18.4. The second-order valence-corrected chi connectivity index (χ2v) is 8.47. The maximum absolute atomic E-state index is 12.5. The summed E-state index contributed by atoms with van der Waals surface area (Å²) in [6.45, 7) is -2.27. The number of ether oxygens (including phenoxy) is 1. The van der Waals surface area contributed by atoms with E-state index in [0.29, 0.717) is 3.79 Å². The quantitative estimate of drug-likeness (QED) is 0.677. The molecular formula is C10H11BrF3NO4S2. The molecule has 21 heavy (non-hydrogen) atoms. The summed E-state index contributed by atoms with van der Waals surface area (Å²) in [6.07, 6.45) is -5.17. The molecule has 0 aliphatic carbocycles. The topological polar surface area (TPSA) is 63.7 Å². The maximum atomic E-state index is 12.5. The third kappa shape index (κ3) is 5.57. The van der Waals surface area contributed by atoms with Crippen LogP contribution in [0, 0.1) is 0 Å². The summed E-state index contributed by atoms with van der Waals surface area (Å²) in [4.78, 5) is 11.0. The largest absolute Gasteiger partial charge is 0.469 e. The Morgan fingerprint density at radius 1 is 1.43 bits per heavy atom. The van der Waals surface area contributed by atoms with Gasteiger partial charge in [-0.15, -0.1) is 11.3 Å². The minimum atomic E-state index is -4.71. The molecule has 0 atom stereocenters. The van der Waals surface area contributed by atoms with Gasteiger partial charge in [-0.1, -0.05) is 0 Å². The highest BCUT2D eigenvalue weighted by Crippen LogP contribution is 2.30. The van der Waals surface area contributed by atoms with Crippen LogP contribution in [0.2, 0.25) is 0 Å². The number of thiophene rings is 1. The third-order valence-electron chi connectivity index (χ3n) is 2.29. The molecule has 11 heteroatoms. The smallest absolute Gasteiger partial charge is 0.402 e. The lowest BCUT2D eigenvalue weighted by atomic mass is 10.4. The predicted molar refractivity (Wildman–Crippen MR) is 73.5 cm³/mol. The van der Waals surface area contributed by atoms with Crippen molar-refractivity contribution < 1.29 is 31.1 Å². The fraction of sp³-hybridized carbons (Fsp3) is 0.500. The Hall–Kier alpha value is -0.650. The lowest BCUT2D eigenvalue weighted by Crippen LogP contribution is -2.40. The summed E-state index contributed by atoms with van der Waals surface area (Å²) >= 11 is 3.84. The molecule has 0 bridgehead atoms. The first-order valence-corrected chi connectivity index (χ1v) is 8.50. The molecule has 0 aromatic carbocycles. The fourth-order valence-electron chi connectivity index (χ4n) is 1.37. The lowest BCUT2D eigenvalue weighted by Gasteiger charge is -2.22. The molecule has 1 aromatic heterocycles. The Balaban J connectivity index is 3.01. The summed E-state index contributed by atoms with van der Waals surface area (Å²) in [5, 5.41) is 0. The highest BCUT2D eigenvalue weighted by Gasteiger charge is 2.37. The monoisotopic (exact) mass is 409 g/mol. The first-order chi connectivity index (χ1) is 9.56. The van der Waals surface area contributed by atoms with Crippen molar-refractivity contribution in [3.63, 3.8) is 0 Å². The normalized spacial score (nSPS) is 12.7. The molecule has 0 saturated carbocycles. The Bertz CT molecular complexity index is 600. The van der Waals surface area contributed by atoms with Crippen LogP contribution in [0.15, 0.2) is 20.1 Å². The van der Waals surface area contributed by atoms with E-state index in [1.54, 1.807) is 0 Å². The second kappa shape index (κ2) is 7.07. The molecule has 0 fully saturated rings. The number of hydrogen-bond donors (Lipinski definition) is 0. The van der Waals surface area contributed by atoms with E-state index in [-0.39, 0.29) is 8.51 Å². The van der Waals surface area contributed by atoms with Crippen molar-refractivity contribution >= 4 is 43.3 Å². The molecule has 0 unspecified atom stereocenters. The number of halogens is 4. The average molecular weight is 410 g/mol. The number of hydrogen-bond acceptors (Lipinski definition) is 5. The highest BCUT2D eigenvalue weighted by molar-refractivity contribution is 9.11. The third-order valence-corrected chi connectivity index (χ3v) is 6.23. The van der Waals surface area contributed by atoms with Gasteiger partial charge in [-0.3, -0.25) is 4.79 Å². The van der Waals surface area contributed by atoms with Gasteiger partial charge in [0.2, 0.25) is 0 Å². The standard InChI is InChI=1S/C10H11BrF3NO4S2/c1-19-8(16)4-5-15(6-10(12,13)14)21(17,18)9-3-2-7(11)20-9/h2-3H,4-6H2,1H3. The van der Waals surface area contributed by atoms with Crippen molar-refractivity contribution in [1.29, 1.82) is 0 Å². The van der Waals surface area contributed by atoms with E-state index in [0.717, 1.165) is 18.4 Å². The van der Waals surface area contributed by atoms with Gasteiger partial charge in [0.05, 0.1) is 17.3 Å². The Kier molecular flexibility index (Phi) is 6.20. The lowest BCUT2D eigenvalue weighted by molar-refractivity contribution is -0.144. The number of methoxy groups -OCH3 is 1. The van der Waals surface area contributed by atoms with Gasteiger partial charge in [0, 0.05) is 6.54 Å². The van der Waals surface area contributed by atoms with Crippen molar-refractivity contribution in [2.24, 2.45) is 0 Å². The summed E-state index contributed by atoms with van der Waals surface area (Å²) in [5.41, 5.74) is 0. The molecule has 0 aliphatic heterocycles. The molecule has 1 aromatic rings. The molecule has 0 spiro atoms. The van der Waals surface area contributed by atoms with Gasteiger partial charge in [-0.25, -0.2) is 8.42 Å². The average Bonchev–Trinajstić information content (AvgIpc) is 2.79. The summed E-state index contributed by atoms with van der Waals surface area (Å²) in [6, 6.07) is 2.62. The molecule has 120 valence electrons. The number of sulfonamides is 1. The van der Waals surface area contributed by atoms with Crippen LogP contribution in [0.5, 0.6) is 0 Å². The van der Waals surface area contributed by atoms with Gasteiger partial charge in [-0.2, -0.15) is 17.5 Å². The minimum Gasteiger partial charge on any atom is -0.469 e. The Morgan fingerprint density at radius 2 is 2.05 bits per heavy atom. The van der Waals surface area contributed by atoms with Crippen LogP contribution in [0.25, 0.3) is 0 Å².